The smallest absolute Gasteiger partial charge is 0.140 e. The van der Waals surface area contributed by atoms with Crippen LogP contribution in [-0.2, 0) is 18.3 Å². The zero-order chi connectivity index (χ0) is 27.6. The Morgan fingerprint density at radius 2 is 1.83 bits per heavy atom. The molecule has 0 aliphatic carbocycles. The molecule has 11 heteroatoms. The normalized spacial score (nSPS) is 16.6. The van der Waals surface area contributed by atoms with Crippen molar-refractivity contribution in [1.29, 1.82) is 0 Å². The Balaban J connectivity index is 0.965. The maximum Gasteiger partial charge on any atom is 0.140 e. The molecule has 2 aliphatic rings. The van der Waals surface area contributed by atoms with Gasteiger partial charge in [0.25, 0.3) is 0 Å². The van der Waals surface area contributed by atoms with E-state index in [4.69, 9.17) is 9.47 Å². The van der Waals surface area contributed by atoms with Crippen molar-refractivity contribution >= 4 is 11.5 Å². The zero-order valence-corrected chi connectivity index (χ0v) is 23.1. The summed E-state index contributed by atoms with van der Waals surface area (Å²) >= 11 is 0. The lowest BCUT2D eigenvalue weighted by molar-refractivity contribution is -0.0750. The predicted molar refractivity (Wildman–Crippen MR) is 154 cm³/mol. The minimum absolute atomic E-state index is 0.585. The largest absolute Gasteiger partial charge is 0.493 e. The van der Waals surface area contributed by atoms with E-state index in [1.807, 2.05) is 42.0 Å². The molecular weight excluding hydrogens is 518 g/mol. The van der Waals surface area contributed by atoms with Crippen molar-refractivity contribution in [2.45, 2.75) is 25.4 Å². The van der Waals surface area contributed by atoms with Gasteiger partial charge in [0, 0.05) is 37.5 Å². The highest BCUT2D eigenvalue weighted by Gasteiger charge is 2.29. The highest BCUT2D eigenvalue weighted by Crippen LogP contribution is 2.26. The quantitative estimate of drug-likeness (QED) is 0.293. The lowest BCUT2D eigenvalue weighted by Crippen LogP contribution is -2.52. The Kier molecular flexibility index (Phi) is 7.03. The molecule has 0 unspecified atom stereocenters. The number of hydrogen-bond acceptors (Lipinski definition) is 9. The Labute approximate surface area is 238 Å². The fourth-order valence-electron chi connectivity index (χ4n) is 5.43. The summed E-state index contributed by atoms with van der Waals surface area (Å²) in [6, 6.07) is 14.8. The Hall–Kier alpha value is -4.35. The van der Waals surface area contributed by atoms with Crippen molar-refractivity contribution in [3.8, 4) is 28.4 Å². The Morgan fingerprint density at radius 1 is 0.976 bits per heavy atom. The molecule has 0 amide bonds. The summed E-state index contributed by atoms with van der Waals surface area (Å²) in [5, 5.41) is 11.9. The van der Waals surface area contributed by atoms with Gasteiger partial charge in [0.1, 0.15) is 29.2 Å². The van der Waals surface area contributed by atoms with Crippen LogP contribution in [0.2, 0.25) is 0 Å². The number of benzene rings is 1. The van der Waals surface area contributed by atoms with Gasteiger partial charge in [-0.3, -0.25) is 9.30 Å². The average molecular weight is 552 g/mol. The molecule has 2 fully saturated rings. The SMILES string of the molecule is Cn1ncc(-c2ccc(CNc3cc(-c4cnc5cc(OCC6CCN(C7COC7)CC6)ccn45)ncn3)cc2)n1. The Morgan fingerprint density at radius 3 is 2.59 bits per heavy atom. The molecular formula is C30H33N9O2. The van der Waals surface area contributed by atoms with Crippen molar-refractivity contribution in [2.24, 2.45) is 13.0 Å². The van der Waals surface area contributed by atoms with Crippen LogP contribution in [0.1, 0.15) is 18.4 Å². The predicted octanol–water partition coefficient (Wildman–Crippen LogP) is 3.69. The van der Waals surface area contributed by atoms with Crippen LogP contribution in [0.3, 0.4) is 0 Å². The topological polar surface area (TPSA) is 108 Å². The molecule has 6 heterocycles. The summed E-state index contributed by atoms with van der Waals surface area (Å²) in [6.07, 6.45) is 9.53. The second-order valence-electron chi connectivity index (χ2n) is 10.8. The van der Waals surface area contributed by atoms with E-state index >= 15 is 0 Å². The molecule has 0 radical (unpaired) electrons. The van der Waals surface area contributed by atoms with Gasteiger partial charge >= 0.3 is 0 Å². The summed E-state index contributed by atoms with van der Waals surface area (Å²) in [7, 11) is 1.81. The van der Waals surface area contributed by atoms with Gasteiger partial charge in [0.2, 0.25) is 0 Å². The average Bonchev–Trinajstić information content (AvgIpc) is 3.61. The van der Waals surface area contributed by atoms with Crippen LogP contribution in [-0.4, -0.2) is 78.2 Å². The first-order valence-electron chi connectivity index (χ1n) is 14.1. The monoisotopic (exact) mass is 551 g/mol. The van der Waals surface area contributed by atoms with Crippen LogP contribution >= 0.6 is 0 Å². The summed E-state index contributed by atoms with van der Waals surface area (Å²) in [4.78, 5) is 17.7. The van der Waals surface area contributed by atoms with Gasteiger partial charge in [-0.15, -0.1) is 0 Å². The number of rotatable bonds is 9. The molecule has 210 valence electrons. The summed E-state index contributed by atoms with van der Waals surface area (Å²) in [5.74, 6) is 2.18. The first-order valence-corrected chi connectivity index (χ1v) is 14.1. The van der Waals surface area contributed by atoms with Gasteiger partial charge in [-0.1, -0.05) is 24.3 Å². The number of anilines is 1. The number of fused-ring (bicyclic) bond motifs is 1. The maximum atomic E-state index is 6.19. The molecule has 0 spiro atoms. The number of aromatic nitrogens is 7. The number of likely N-dealkylation sites (tertiary alicyclic amines) is 1. The maximum absolute atomic E-state index is 6.19. The van der Waals surface area contributed by atoms with E-state index in [0.29, 0.717) is 18.5 Å². The molecule has 0 bridgehead atoms. The number of aryl methyl sites for hydroxylation is 1. The first kappa shape index (κ1) is 25.6. The van der Waals surface area contributed by atoms with Crippen molar-refractivity contribution in [1.82, 2.24) is 39.2 Å². The minimum atomic E-state index is 0.585. The van der Waals surface area contributed by atoms with Crippen LogP contribution in [0.15, 0.2) is 67.4 Å². The molecule has 7 rings (SSSR count). The van der Waals surface area contributed by atoms with Crippen molar-refractivity contribution in [3.63, 3.8) is 0 Å². The standard InChI is InChI=1S/C30H33N9O2/c1-37-35-15-27(36-37)23-4-2-21(3-5-23)14-31-29-13-26(33-20-34-29)28-16-32-30-12-25(8-11-39(28)30)41-17-22-6-9-38(10-7-22)24-18-40-19-24/h2-5,8,11-13,15-16,20,22,24H,6-7,9-10,14,17-19H2,1H3,(H,31,33,34). The molecule has 4 aromatic heterocycles. The van der Waals surface area contributed by atoms with E-state index in [0.717, 1.165) is 78.3 Å². The zero-order valence-electron chi connectivity index (χ0n) is 23.1. The third-order valence-corrected chi connectivity index (χ3v) is 8.01. The molecule has 0 saturated carbocycles. The fourth-order valence-corrected chi connectivity index (χ4v) is 5.43. The number of imidazole rings is 1. The van der Waals surface area contributed by atoms with Crippen LogP contribution < -0.4 is 10.1 Å². The van der Waals surface area contributed by atoms with E-state index in [1.54, 1.807) is 17.3 Å². The van der Waals surface area contributed by atoms with E-state index in [-0.39, 0.29) is 0 Å². The van der Waals surface area contributed by atoms with Gasteiger partial charge in [0.05, 0.1) is 49.6 Å². The van der Waals surface area contributed by atoms with Crippen molar-refractivity contribution < 1.29 is 9.47 Å². The van der Waals surface area contributed by atoms with Crippen LogP contribution in [0.4, 0.5) is 5.82 Å². The molecule has 11 nitrogen and oxygen atoms in total. The van der Waals surface area contributed by atoms with E-state index in [9.17, 15) is 0 Å². The summed E-state index contributed by atoms with van der Waals surface area (Å²) < 4.78 is 13.6. The summed E-state index contributed by atoms with van der Waals surface area (Å²) in [6.45, 7) is 5.43. The van der Waals surface area contributed by atoms with Crippen LogP contribution in [0, 0.1) is 5.92 Å². The number of nitrogens with zero attached hydrogens (tertiary/aromatic N) is 8. The number of ether oxygens (including phenoxy) is 2. The van der Waals surface area contributed by atoms with Crippen molar-refractivity contribution in [2.75, 3.05) is 38.2 Å². The second kappa shape index (κ2) is 11.3. The highest BCUT2D eigenvalue weighted by molar-refractivity contribution is 5.63. The van der Waals surface area contributed by atoms with E-state index in [2.05, 4.69) is 59.6 Å². The molecule has 0 atom stereocenters. The molecule has 1 aromatic carbocycles. The number of nitrogens with one attached hydrogen (secondary N) is 1. The molecule has 1 N–H and O–H groups in total. The molecule has 41 heavy (non-hydrogen) atoms. The minimum Gasteiger partial charge on any atom is -0.493 e. The lowest BCUT2D eigenvalue weighted by atomic mass is 9.96. The van der Waals surface area contributed by atoms with Gasteiger partial charge in [-0.2, -0.15) is 15.0 Å². The molecule has 2 aliphatic heterocycles. The number of piperidine rings is 1. The summed E-state index contributed by atoms with van der Waals surface area (Å²) in [5.41, 5.74) is 5.55. The van der Waals surface area contributed by atoms with Crippen LogP contribution in [0.5, 0.6) is 5.75 Å². The molecule has 2 saturated heterocycles. The van der Waals surface area contributed by atoms with Gasteiger partial charge in [0.15, 0.2) is 0 Å². The van der Waals surface area contributed by atoms with Gasteiger partial charge in [-0.05, 0) is 43.5 Å². The Bertz CT molecular complexity index is 1620. The fraction of sp³-hybridized carbons (Fsp3) is 0.367. The number of pyridine rings is 1. The van der Waals surface area contributed by atoms with E-state index in [1.165, 1.54) is 12.8 Å². The van der Waals surface area contributed by atoms with Gasteiger partial charge < -0.3 is 14.8 Å². The first-order chi connectivity index (χ1) is 20.2. The lowest BCUT2D eigenvalue weighted by Gasteiger charge is -2.41. The molecule has 5 aromatic rings. The van der Waals surface area contributed by atoms with E-state index < -0.39 is 0 Å². The number of hydrogen-bond donors (Lipinski definition) is 1. The van der Waals surface area contributed by atoms with Gasteiger partial charge in [-0.25, -0.2) is 15.0 Å². The highest BCUT2D eigenvalue weighted by atomic mass is 16.5. The third-order valence-electron chi connectivity index (χ3n) is 8.01. The third kappa shape index (κ3) is 5.63. The van der Waals surface area contributed by atoms with Crippen LogP contribution in [0.25, 0.3) is 28.3 Å². The second-order valence-corrected chi connectivity index (χ2v) is 10.8. The van der Waals surface area contributed by atoms with Crippen molar-refractivity contribution in [3.05, 3.63) is 72.9 Å².